The third-order valence-electron chi connectivity index (χ3n) is 2.90. The van der Waals surface area contributed by atoms with Crippen LogP contribution in [0.4, 0.5) is 5.69 Å². The zero-order chi connectivity index (χ0) is 11.8. The van der Waals surface area contributed by atoms with Gasteiger partial charge in [0.15, 0.2) is 0 Å². The van der Waals surface area contributed by atoms with Crippen LogP contribution in [-0.4, -0.2) is 11.5 Å². The molecule has 1 unspecified atom stereocenters. The molecule has 1 heterocycles. The first-order valence-corrected chi connectivity index (χ1v) is 6.49. The molecule has 1 atom stereocenters. The summed E-state index contributed by atoms with van der Waals surface area (Å²) in [4.78, 5) is 3.97. The number of anilines is 1. The first-order chi connectivity index (χ1) is 7.77. The molecule has 0 bridgehead atoms. The molecule has 90 valence electrons. The summed E-state index contributed by atoms with van der Waals surface area (Å²) in [6.07, 6.45) is 8.53. The molecule has 0 spiro atoms. The van der Waals surface area contributed by atoms with Crippen LogP contribution < -0.4 is 5.32 Å². The van der Waals surface area contributed by atoms with Crippen molar-refractivity contribution in [1.82, 2.24) is 4.98 Å². The van der Waals surface area contributed by atoms with Crippen molar-refractivity contribution < 1.29 is 0 Å². The van der Waals surface area contributed by atoms with E-state index in [0.29, 0.717) is 5.02 Å². The second-order valence-electron chi connectivity index (χ2n) is 4.15. The fourth-order valence-corrected chi connectivity index (χ4v) is 1.90. The Labute approximate surface area is 103 Å². The summed E-state index contributed by atoms with van der Waals surface area (Å²) in [7, 11) is 0. The zero-order valence-electron chi connectivity index (χ0n) is 10.2. The van der Waals surface area contributed by atoms with E-state index in [1.54, 1.807) is 12.4 Å². The van der Waals surface area contributed by atoms with Crippen LogP contribution in [0.3, 0.4) is 0 Å². The smallest absolute Gasteiger partial charge is 0.0820 e. The van der Waals surface area contributed by atoms with Crippen molar-refractivity contribution in [2.75, 3.05) is 11.9 Å². The summed E-state index contributed by atoms with van der Waals surface area (Å²) in [6, 6.07) is 1.93. The van der Waals surface area contributed by atoms with Gasteiger partial charge in [0.05, 0.1) is 10.7 Å². The number of hydrogen-bond donors (Lipinski definition) is 1. The number of nitrogens with one attached hydrogen (secondary N) is 1. The van der Waals surface area contributed by atoms with Gasteiger partial charge in [-0.1, -0.05) is 44.7 Å². The van der Waals surface area contributed by atoms with E-state index in [2.05, 4.69) is 24.1 Å². The summed E-state index contributed by atoms with van der Waals surface area (Å²) in [5.41, 5.74) is 0.992. The van der Waals surface area contributed by atoms with Gasteiger partial charge in [-0.2, -0.15) is 0 Å². The number of halogens is 1. The van der Waals surface area contributed by atoms with Gasteiger partial charge in [0, 0.05) is 18.9 Å². The molecule has 0 aliphatic carbocycles. The van der Waals surface area contributed by atoms with Crippen molar-refractivity contribution in [2.45, 2.75) is 39.5 Å². The first kappa shape index (κ1) is 13.3. The van der Waals surface area contributed by atoms with Crippen LogP contribution in [0.1, 0.15) is 39.5 Å². The average molecular weight is 241 g/mol. The molecule has 0 aliphatic heterocycles. The minimum Gasteiger partial charge on any atom is -0.383 e. The number of aromatic nitrogens is 1. The van der Waals surface area contributed by atoms with Gasteiger partial charge in [0.25, 0.3) is 0 Å². The Morgan fingerprint density at radius 3 is 2.88 bits per heavy atom. The molecule has 0 saturated carbocycles. The number of nitrogens with zero attached hydrogens (tertiary/aromatic N) is 1. The third kappa shape index (κ3) is 4.40. The Morgan fingerprint density at radius 1 is 1.44 bits per heavy atom. The van der Waals surface area contributed by atoms with Gasteiger partial charge < -0.3 is 5.32 Å². The van der Waals surface area contributed by atoms with Crippen molar-refractivity contribution in [2.24, 2.45) is 5.92 Å². The van der Waals surface area contributed by atoms with Crippen LogP contribution in [0.15, 0.2) is 18.5 Å². The molecule has 1 rings (SSSR count). The molecular formula is C13H21ClN2. The first-order valence-electron chi connectivity index (χ1n) is 6.11. The second kappa shape index (κ2) is 7.50. The van der Waals surface area contributed by atoms with Crippen molar-refractivity contribution in [1.29, 1.82) is 0 Å². The Balaban J connectivity index is 2.40. The number of unbranched alkanes of at least 4 members (excludes halogenated alkanes) is 1. The van der Waals surface area contributed by atoms with E-state index in [4.69, 9.17) is 11.6 Å². The molecule has 1 aromatic rings. The van der Waals surface area contributed by atoms with Gasteiger partial charge in [-0.05, 0) is 18.4 Å². The van der Waals surface area contributed by atoms with Crippen LogP contribution >= 0.6 is 11.6 Å². The van der Waals surface area contributed by atoms with E-state index < -0.39 is 0 Å². The second-order valence-corrected chi connectivity index (χ2v) is 4.56. The molecule has 0 aromatic carbocycles. The Hall–Kier alpha value is -0.760. The highest BCUT2D eigenvalue weighted by Crippen LogP contribution is 2.21. The minimum absolute atomic E-state index is 0.702. The fourth-order valence-electron chi connectivity index (χ4n) is 1.72. The minimum atomic E-state index is 0.702. The van der Waals surface area contributed by atoms with Crippen molar-refractivity contribution >= 4 is 17.3 Å². The molecule has 0 amide bonds. The largest absolute Gasteiger partial charge is 0.383 e. The quantitative estimate of drug-likeness (QED) is 0.766. The molecular weight excluding hydrogens is 220 g/mol. The monoisotopic (exact) mass is 240 g/mol. The van der Waals surface area contributed by atoms with Crippen molar-refractivity contribution in [3.8, 4) is 0 Å². The maximum atomic E-state index is 6.03. The zero-order valence-corrected chi connectivity index (χ0v) is 10.9. The summed E-state index contributed by atoms with van der Waals surface area (Å²) in [6.45, 7) is 5.48. The van der Waals surface area contributed by atoms with E-state index in [9.17, 15) is 0 Å². The lowest BCUT2D eigenvalue weighted by Crippen LogP contribution is -2.13. The normalized spacial score (nSPS) is 12.4. The molecule has 1 aromatic heterocycles. The molecule has 0 radical (unpaired) electrons. The summed E-state index contributed by atoms with van der Waals surface area (Å²) in [5.74, 6) is 0.740. The topological polar surface area (TPSA) is 24.9 Å². The fraction of sp³-hybridized carbons (Fsp3) is 0.615. The lowest BCUT2D eigenvalue weighted by atomic mass is 9.99. The van der Waals surface area contributed by atoms with Crippen molar-refractivity contribution in [3.63, 3.8) is 0 Å². The van der Waals surface area contributed by atoms with Crippen LogP contribution in [0.25, 0.3) is 0 Å². The van der Waals surface area contributed by atoms with Crippen LogP contribution in [0.2, 0.25) is 5.02 Å². The van der Waals surface area contributed by atoms with Crippen LogP contribution in [0, 0.1) is 5.92 Å². The number of pyridine rings is 1. The number of rotatable bonds is 7. The summed E-state index contributed by atoms with van der Waals surface area (Å²) >= 11 is 6.03. The standard InChI is InChI=1S/C13H21ClN2/c1-3-5-6-11(4-2)9-16-13-7-8-15-10-12(13)14/h7-8,10-11H,3-6,9H2,1-2H3,(H,15,16). The Bertz CT molecular complexity index is 302. The molecule has 0 fully saturated rings. The molecule has 2 nitrogen and oxygen atoms in total. The maximum Gasteiger partial charge on any atom is 0.0820 e. The molecule has 16 heavy (non-hydrogen) atoms. The van der Waals surface area contributed by atoms with Gasteiger partial charge in [0.1, 0.15) is 0 Å². The Kier molecular flexibility index (Phi) is 6.24. The van der Waals surface area contributed by atoms with E-state index in [0.717, 1.165) is 18.2 Å². The molecule has 0 saturated heterocycles. The molecule has 1 N–H and O–H groups in total. The van der Waals surface area contributed by atoms with Gasteiger partial charge in [0.2, 0.25) is 0 Å². The van der Waals surface area contributed by atoms with E-state index in [1.807, 2.05) is 6.07 Å². The Morgan fingerprint density at radius 2 is 2.25 bits per heavy atom. The lowest BCUT2D eigenvalue weighted by molar-refractivity contribution is 0.473. The van der Waals surface area contributed by atoms with Crippen molar-refractivity contribution in [3.05, 3.63) is 23.5 Å². The van der Waals surface area contributed by atoms with Gasteiger partial charge >= 0.3 is 0 Å². The highest BCUT2D eigenvalue weighted by molar-refractivity contribution is 6.33. The average Bonchev–Trinajstić information content (AvgIpc) is 2.31. The predicted molar refractivity (Wildman–Crippen MR) is 71.0 cm³/mol. The third-order valence-corrected chi connectivity index (χ3v) is 3.20. The van der Waals surface area contributed by atoms with Gasteiger partial charge in [-0.3, -0.25) is 4.98 Å². The highest BCUT2D eigenvalue weighted by Gasteiger charge is 2.06. The van der Waals surface area contributed by atoms with Gasteiger partial charge in [-0.15, -0.1) is 0 Å². The van der Waals surface area contributed by atoms with E-state index in [-0.39, 0.29) is 0 Å². The summed E-state index contributed by atoms with van der Waals surface area (Å²) in [5, 5.41) is 4.10. The van der Waals surface area contributed by atoms with Crippen LogP contribution in [-0.2, 0) is 0 Å². The maximum absolute atomic E-state index is 6.03. The van der Waals surface area contributed by atoms with Crippen LogP contribution in [0.5, 0.6) is 0 Å². The molecule has 0 aliphatic rings. The molecule has 3 heteroatoms. The van der Waals surface area contributed by atoms with E-state index in [1.165, 1.54) is 25.7 Å². The predicted octanol–water partition coefficient (Wildman–Crippen LogP) is 4.36. The van der Waals surface area contributed by atoms with Gasteiger partial charge in [-0.25, -0.2) is 0 Å². The highest BCUT2D eigenvalue weighted by atomic mass is 35.5. The SMILES string of the molecule is CCCCC(CC)CNc1ccncc1Cl. The van der Waals surface area contributed by atoms with E-state index >= 15 is 0 Å². The summed E-state index contributed by atoms with van der Waals surface area (Å²) < 4.78 is 0. The number of hydrogen-bond acceptors (Lipinski definition) is 2. The lowest BCUT2D eigenvalue weighted by Gasteiger charge is -2.16.